The standard InChI is InChI=1S/C14H18O2/c1-3-4-9(2)11-7-12(10-5-6-10)14(16)8-13(11)15/h4,7-8,10,15-16H,3,5-6H2,1-2H3. The summed E-state index contributed by atoms with van der Waals surface area (Å²) < 4.78 is 0. The second-order valence-corrected chi connectivity index (χ2v) is 4.50. The first kappa shape index (κ1) is 11.1. The monoisotopic (exact) mass is 218 g/mol. The van der Waals surface area contributed by atoms with E-state index in [9.17, 15) is 10.2 Å². The lowest BCUT2D eigenvalue weighted by atomic mass is 9.99. The van der Waals surface area contributed by atoms with Gasteiger partial charge in [-0.3, -0.25) is 0 Å². The van der Waals surface area contributed by atoms with E-state index in [4.69, 9.17) is 0 Å². The lowest BCUT2D eigenvalue weighted by molar-refractivity contribution is 0.445. The molecule has 0 bridgehead atoms. The van der Waals surface area contributed by atoms with Gasteiger partial charge in [0.2, 0.25) is 0 Å². The zero-order chi connectivity index (χ0) is 11.7. The molecule has 86 valence electrons. The fraction of sp³-hybridized carbons (Fsp3) is 0.429. The Bertz CT molecular complexity index is 429. The Kier molecular flexibility index (Phi) is 2.90. The van der Waals surface area contributed by atoms with E-state index >= 15 is 0 Å². The van der Waals surface area contributed by atoms with Crippen LogP contribution in [0.3, 0.4) is 0 Å². The summed E-state index contributed by atoms with van der Waals surface area (Å²) in [6, 6.07) is 3.40. The van der Waals surface area contributed by atoms with Crippen LogP contribution in [0.1, 0.15) is 50.2 Å². The van der Waals surface area contributed by atoms with Crippen LogP contribution in [0.4, 0.5) is 0 Å². The fourth-order valence-electron chi connectivity index (χ4n) is 2.05. The summed E-state index contributed by atoms with van der Waals surface area (Å²) in [7, 11) is 0. The molecule has 0 aromatic heterocycles. The van der Waals surface area contributed by atoms with Crippen molar-refractivity contribution in [2.45, 2.75) is 39.0 Å². The first-order valence-electron chi connectivity index (χ1n) is 5.86. The summed E-state index contributed by atoms with van der Waals surface area (Å²) in [6.07, 6.45) is 5.33. The van der Waals surface area contributed by atoms with Crippen molar-refractivity contribution in [3.8, 4) is 11.5 Å². The maximum Gasteiger partial charge on any atom is 0.126 e. The van der Waals surface area contributed by atoms with E-state index in [1.54, 1.807) is 0 Å². The van der Waals surface area contributed by atoms with Crippen molar-refractivity contribution in [2.75, 3.05) is 0 Å². The molecule has 2 rings (SSSR count). The van der Waals surface area contributed by atoms with Gasteiger partial charge in [0, 0.05) is 11.6 Å². The highest BCUT2D eigenvalue weighted by atomic mass is 16.3. The van der Waals surface area contributed by atoms with E-state index in [1.165, 1.54) is 6.07 Å². The van der Waals surface area contributed by atoms with E-state index in [0.717, 1.165) is 36.0 Å². The summed E-state index contributed by atoms with van der Waals surface area (Å²) in [6.45, 7) is 4.06. The summed E-state index contributed by atoms with van der Waals surface area (Å²) in [5, 5.41) is 19.6. The highest BCUT2D eigenvalue weighted by Gasteiger charge is 2.27. The Morgan fingerprint density at radius 2 is 2.00 bits per heavy atom. The average molecular weight is 218 g/mol. The summed E-state index contributed by atoms with van der Waals surface area (Å²) in [5.74, 6) is 0.894. The molecule has 1 fully saturated rings. The number of aromatic hydroxyl groups is 2. The van der Waals surface area contributed by atoms with Gasteiger partial charge in [-0.2, -0.15) is 0 Å². The number of phenols is 2. The minimum atomic E-state index is 0.170. The zero-order valence-electron chi connectivity index (χ0n) is 9.83. The first-order chi connectivity index (χ1) is 7.63. The lowest BCUT2D eigenvalue weighted by Gasteiger charge is -2.10. The summed E-state index contributed by atoms with van der Waals surface area (Å²) >= 11 is 0. The summed E-state index contributed by atoms with van der Waals surface area (Å²) in [4.78, 5) is 0. The van der Waals surface area contributed by atoms with E-state index in [1.807, 2.05) is 13.0 Å². The third-order valence-electron chi connectivity index (χ3n) is 3.10. The molecule has 2 heteroatoms. The number of hydrogen-bond donors (Lipinski definition) is 2. The molecule has 0 atom stereocenters. The molecule has 0 spiro atoms. The first-order valence-corrected chi connectivity index (χ1v) is 5.86. The predicted octanol–water partition coefficient (Wildman–Crippen LogP) is 3.79. The number of phenolic OH excluding ortho intramolecular Hbond substituents is 2. The van der Waals surface area contributed by atoms with Crippen LogP contribution in [0.15, 0.2) is 18.2 Å². The Balaban J connectivity index is 2.44. The zero-order valence-corrected chi connectivity index (χ0v) is 9.83. The van der Waals surface area contributed by atoms with Gasteiger partial charge in [0.05, 0.1) is 0 Å². The molecule has 1 aliphatic rings. The van der Waals surface area contributed by atoms with E-state index in [2.05, 4.69) is 13.0 Å². The molecule has 0 radical (unpaired) electrons. The number of allylic oxidation sites excluding steroid dienone is 2. The number of rotatable bonds is 3. The molecule has 1 saturated carbocycles. The molecule has 0 heterocycles. The molecule has 2 nitrogen and oxygen atoms in total. The highest BCUT2D eigenvalue weighted by Crippen LogP contribution is 2.46. The van der Waals surface area contributed by atoms with Gasteiger partial charge in [-0.15, -0.1) is 0 Å². The van der Waals surface area contributed by atoms with Crippen molar-refractivity contribution < 1.29 is 10.2 Å². The number of benzene rings is 1. The number of hydrogen-bond acceptors (Lipinski definition) is 2. The van der Waals surface area contributed by atoms with Gasteiger partial charge < -0.3 is 10.2 Å². The Morgan fingerprint density at radius 1 is 1.31 bits per heavy atom. The van der Waals surface area contributed by atoms with Crippen molar-refractivity contribution in [1.29, 1.82) is 0 Å². The summed E-state index contributed by atoms with van der Waals surface area (Å²) in [5.41, 5.74) is 2.90. The highest BCUT2D eigenvalue weighted by molar-refractivity contribution is 5.71. The second-order valence-electron chi connectivity index (χ2n) is 4.50. The van der Waals surface area contributed by atoms with Crippen LogP contribution < -0.4 is 0 Å². The molecule has 1 aliphatic carbocycles. The quantitative estimate of drug-likeness (QED) is 0.810. The van der Waals surface area contributed by atoms with Crippen molar-refractivity contribution in [1.82, 2.24) is 0 Å². The van der Waals surface area contributed by atoms with Crippen LogP contribution >= 0.6 is 0 Å². The van der Waals surface area contributed by atoms with Gasteiger partial charge in [-0.05, 0) is 49.3 Å². The Morgan fingerprint density at radius 3 is 2.56 bits per heavy atom. The van der Waals surface area contributed by atoms with Crippen molar-refractivity contribution in [2.24, 2.45) is 0 Å². The van der Waals surface area contributed by atoms with Crippen LogP contribution in [0.2, 0.25) is 0 Å². The van der Waals surface area contributed by atoms with Crippen LogP contribution in [-0.4, -0.2) is 10.2 Å². The van der Waals surface area contributed by atoms with Crippen LogP contribution in [0, 0.1) is 0 Å². The molecule has 0 unspecified atom stereocenters. The molecular weight excluding hydrogens is 200 g/mol. The van der Waals surface area contributed by atoms with Crippen LogP contribution in [0.25, 0.3) is 5.57 Å². The van der Waals surface area contributed by atoms with E-state index in [0.29, 0.717) is 5.92 Å². The lowest BCUT2D eigenvalue weighted by Crippen LogP contribution is -1.87. The van der Waals surface area contributed by atoms with Crippen molar-refractivity contribution in [3.05, 3.63) is 29.3 Å². The Labute approximate surface area is 96.2 Å². The van der Waals surface area contributed by atoms with Crippen LogP contribution in [-0.2, 0) is 0 Å². The molecule has 0 aliphatic heterocycles. The van der Waals surface area contributed by atoms with Gasteiger partial charge >= 0.3 is 0 Å². The van der Waals surface area contributed by atoms with Gasteiger partial charge in [0.1, 0.15) is 11.5 Å². The Hall–Kier alpha value is -1.44. The SMILES string of the molecule is CCC=C(C)c1cc(C2CC2)c(O)cc1O. The van der Waals surface area contributed by atoms with Gasteiger partial charge in [-0.1, -0.05) is 13.0 Å². The molecule has 1 aromatic rings. The minimum absolute atomic E-state index is 0.170. The normalized spacial score (nSPS) is 16.5. The van der Waals surface area contributed by atoms with Gasteiger partial charge in [0.15, 0.2) is 0 Å². The predicted molar refractivity (Wildman–Crippen MR) is 65.7 cm³/mol. The third-order valence-corrected chi connectivity index (χ3v) is 3.10. The van der Waals surface area contributed by atoms with Crippen molar-refractivity contribution in [3.63, 3.8) is 0 Å². The molecule has 1 aromatic carbocycles. The molecule has 0 amide bonds. The van der Waals surface area contributed by atoms with Crippen molar-refractivity contribution >= 4 is 5.57 Å². The van der Waals surface area contributed by atoms with Gasteiger partial charge in [-0.25, -0.2) is 0 Å². The van der Waals surface area contributed by atoms with E-state index < -0.39 is 0 Å². The molecule has 0 saturated heterocycles. The maximum absolute atomic E-state index is 9.81. The minimum Gasteiger partial charge on any atom is -0.508 e. The average Bonchev–Trinajstić information content (AvgIpc) is 3.01. The van der Waals surface area contributed by atoms with Gasteiger partial charge in [0.25, 0.3) is 0 Å². The topological polar surface area (TPSA) is 40.5 Å². The van der Waals surface area contributed by atoms with Crippen LogP contribution in [0.5, 0.6) is 11.5 Å². The maximum atomic E-state index is 9.81. The fourth-order valence-corrected chi connectivity index (χ4v) is 2.05. The van der Waals surface area contributed by atoms with E-state index in [-0.39, 0.29) is 11.5 Å². The largest absolute Gasteiger partial charge is 0.508 e. The third kappa shape index (κ3) is 2.06. The smallest absolute Gasteiger partial charge is 0.126 e. The molecule has 2 N–H and O–H groups in total. The molecular formula is C14H18O2. The molecule has 16 heavy (non-hydrogen) atoms. The second kappa shape index (κ2) is 4.20.